The van der Waals surface area contributed by atoms with Crippen LogP contribution in [0, 0.1) is 0 Å². The number of rotatable bonds is 2. The molecule has 1 aromatic rings. The minimum atomic E-state index is -0.368. The molecular formula is C10H12ClNO2. The Bertz CT molecular complexity index is 352. The molecule has 0 spiro atoms. The van der Waals surface area contributed by atoms with Crippen LogP contribution in [0.25, 0.3) is 0 Å². The topological polar surface area (TPSA) is 52.3 Å². The molecule has 0 amide bonds. The number of hydrogen-bond acceptors (Lipinski definition) is 3. The third-order valence-corrected chi connectivity index (χ3v) is 2.37. The van der Waals surface area contributed by atoms with E-state index >= 15 is 0 Å². The summed E-state index contributed by atoms with van der Waals surface area (Å²) in [6.07, 6.45) is 0. The number of methoxy groups -OCH3 is 1. The van der Waals surface area contributed by atoms with E-state index in [9.17, 15) is 4.79 Å². The van der Waals surface area contributed by atoms with E-state index in [0.29, 0.717) is 10.7 Å². The van der Waals surface area contributed by atoms with E-state index in [1.807, 2.05) is 0 Å². The van der Waals surface area contributed by atoms with Crippen LogP contribution in [-0.4, -0.2) is 13.1 Å². The van der Waals surface area contributed by atoms with Gasteiger partial charge in [-0.05, 0) is 24.6 Å². The van der Waals surface area contributed by atoms with Crippen molar-refractivity contribution in [3.05, 3.63) is 28.8 Å². The standard InChI is InChI=1S/C10H12ClNO2/c1-6(10(13)14-2)8-4-3-7(12)5-9(8)11/h3-6H,12H2,1-2H3. The number of benzene rings is 1. The van der Waals surface area contributed by atoms with Crippen LogP contribution < -0.4 is 5.73 Å². The third-order valence-electron chi connectivity index (χ3n) is 2.05. The number of esters is 1. The molecule has 76 valence electrons. The highest BCUT2D eigenvalue weighted by Gasteiger charge is 2.18. The van der Waals surface area contributed by atoms with E-state index in [1.54, 1.807) is 25.1 Å². The third kappa shape index (κ3) is 2.17. The maximum Gasteiger partial charge on any atom is 0.312 e. The maximum absolute atomic E-state index is 11.2. The van der Waals surface area contributed by atoms with Gasteiger partial charge in [-0.3, -0.25) is 4.79 Å². The molecule has 0 aliphatic heterocycles. The lowest BCUT2D eigenvalue weighted by atomic mass is 10.0. The van der Waals surface area contributed by atoms with Crippen molar-refractivity contribution in [2.24, 2.45) is 0 Å². The minimum absolute atomic E-state index is 0.309. The van der Waals surface area contributed by atoms with Gasteiger partial charge in [0.1, 0.15) is 0 Å². The first-order valence-corrected chi connectivity index (χ1v) is 4.56. The molecule has 0 aliphatic rings. The van der Waals surface area contributed by atoms with Crippen LogP contribution in [0.3, 0.4) is 0 Å². The second-order valence-corrected chi connectivity index (χ2v) is 3.43. The van der Waals surface area contributed by atoms with Crippen LogP contribution in [0.15, 0.2) is 18.2 Å². The largest absolute Gasteiger partial charge is 0.469 e. The number of nitrogens with two attached hydrogens (primary N) is 1. The van der Waals surface area contributed by atoms with Crippen LogP contribution in [0.1, 0.15) is 18.4 Å². The average Bonchev–Trinajstić information content (AvgIpc) is 2.15. The van der Waals surface area contributed by atoms with Gasteiger partial charge in [0.25, 0.3) is 0 Å². The Balaban J connectivity index is 3.01. The lowest BCUT2D eigenvalue weighted by Crippen LogP contribution is -2.11. The van der Waals surface area contributed by atoms with E-state index in [2.05, 4.69) is 4.74 Å². The normalized spacial score (nSPS) is 12.2. The lowest BCUT2D eigenvalue weighted by molar-refractivity contribution is -0.141. The maximum atomic E-state index is 11.2. The molecule has 0 aliphatic carbocycles. The Hall–Kier alpha value is -1.22. The quantitative estimate of drug-likeness (QED) is 0.605. The molecule has 0 saturated heterocycles. The predicted octanol–water partition coefficient (Wildman–Crippen LogP) is 2.20. The molecular weight excluding hydrogens is 202 g/mol. The van der Waals surface area contributed by atoms with E-state index < -0.39 is 0 Å². The summed E-state index contributed by atoms with van der Waals surface area (Å²) in [5.74, 6) is -0.676. The smallest absolute Gasteiger partial charge is 0.312 e. The number of ether oxygens (including phenoxy) is 1. The van der Waals surface area contributed by atoms with Gasteiger partial charge >= 0.3 is 5.97 Å². The summed E-state index contributed by atoms with van der Waals surface area (Å²) in [5, 5.41) is 0.489. The van der Waals surface area contributed by atoms with E-state index in [4.69, 9.17) is 17.3 Å². The van der Waals surface area contributed by atoms with Crippen LogP contribution in [0.5, 0.6) is 0 Å². The Morgan fingerprint density at radius 1 is 1.57 bits per heavy atom. The van der Waals surface area contributed by atoms with Crippen LogP contribution >= 0.6 is 11.6 Å². The summed E-state index contributed by atoms with van der Waals surface area (Å²) in [6.45, 7) is 1.74. The van der Waals surface area contributed by atoms with Crippen molar-refractivity contribution >= 4 is 23.3 Å². The molecule has 1 aromatic carbocycles. The summed E-state index contributed by atoms with van der Waals surface area (Å²) >= 11 is 5.94. The summed E-state index contributed by atoms with van der Waals surface area (Å²) in [7, 11) is 1.35. The summed E-state index contributed by atoms with van der Waals surface area (Å²) < 4.78 is 4.62. The second-order valence-electron chi connectivity index (χ2n) is 3.03. The van der Waals surface area contributed by atoms with Gasteiger partial charge in [0, 0.05) is 10.7 Å². The predicted molar refractivity (Wildman–Crippen MR) is 56.3 cm³/mol. The molecule has 3 nitrogen and oxygen atoms in total. The monoisotopic (exact) mass is 213 g/mol. The summed E-state index contributed by atoms with van der Waals surface area (Å²) in [6, 6.07) is 5.07. The molecule has 0 aromatic heterocycles. The lowest BCUT2D eigenvalue weighted by Gasteiger charge is -2.11. The van der Waals surface area contributed by atoms with Crippen LogP contribution in [0.2, 0.25) is 5.02 Å². The van der Waals surface area contributed by atoms with Crippen molar-refractivity contribution in [1.82, 2.24) is 0 Å². The molecule has 1 unspecified atom stereocenters. The number of anilines is 1. The fraction of sp³-hybridized carbons (Fsp3) is 0.300. The Kier molecular flexibility index (Phi) is 3.36. The SMILES string of the molecule is COC(=O)C(C)c1ccc(N)cc1Cl. The number of hydrogen-bond donors (Lipinski definition) is 1. The number of carbonyl (C=O) groups excluding carboxylic acids is 1. The zero-order chi connectivity index (χ0) is 10.7. The fourth-order valence-electron chi connectivity index (χ4n) is 1.20. The first-order chi connectivity index (χ1) is 6.56. The Labute approximate surface area is 87.8 Å². The van der Waals surface area contributed by atoms with Gasteiger partial charge < -0.3 is 10.5 Å². The number of halogens is 1. The summed E-state index contributed by atoms with van der Waals surface area (Å²) in [5.41, 5.74) is 6.84. The van der Waals surface area contributed by atoms with E-state index in [-0.39, 0.29) is 11.9 Å². The van der Waals surface area contributed by atoms with Gasteiger partial charge in [-0.1, -0.05) is 17.7 Å². The van der Waals surface area contributed by atoms with E-state index in [1.165, 1.54) is 7.11 Å². The Morgan fingerprint density at radius 3 is 2.71 bits per heavy atom. The van der Waals surface area contributed by atoms with Crippen molar-refractivity contribution in [1.29, 1.82) is 0 Å². The second kappa shape index (κ2) is 4.33. The highest BCUT2D eigenvalue weighted by molar-refractivity contribution is 6.31. The molecule has 0 bridgehead atoms. The van der Waals surface area contributed by atoms with Crippen LogP contribution in [-0.2, 0) is 9.53 Å². The van der Waals surface area contributed by atoms with Crippen molar-refractivity contribution in [3.8, 4) is 0 Å². The van der Waals surface area contributed by atoms with Crippen molar-refractivity contribution in [2.45, 2.75) is 12.8 Å². The average molecular weight is 214 g/mol. The van der Waals surface area contributed by atoms with Crippen molar-refractivity contribution < 1.29 is 9.53 Å². The Morgan fingerprint density at radius 2 is 2.21 bits per heavy atom. The first kappa shape index (κ1) is 10.9. The highest BCUT2D eigenvalue weighted by Crippen LogP contribution is 2.26. The van der Waals surface area contributed by atoms with E-state index in [0.717, 1.165) is 5.56 Å². The molecule has 2 N–H and O–H groups in total. The molecule has 1 atom stereocenters. The first-order valence-electron chi connectivity index (χ1n) is 4.19. The van der Waals surface area contributed by atoms with Gasteiger partial charge in [-0.15, -0.1) is 0 Å². The van der Waals surface area contributed by atoms with Gasteiger partial charge in [-0.25, -0.2) is 0 Å². The minimum Gasteiger partial charge on any atom is -0.469 e. The van der Waals surface area contributed by atoms with Crippen molar-refractivity contribution in [2.75, 3.05) is 12.8 Å². The fourth-order valence-corrected chi connectivity index (χ4v) is 1.55. The molecule has 0 saturated carbocycles. The molecule has 0 radical (unpaired) electrons. The zero-order valence-electron chi connectivity index (χ0n) is 8.08. The van der Waals surface area contributed by atoms with Gasteiger partial charge in [-0.2, -0.15) is 0 Å². The molecule has 0 heterocycles. The molecule has 14 heavy (non-hydrogen) atoms. The molecule has 4 heteroatoms. The highest BCUT2D eigenvalue weighted by atomic mass is 35.5. The zero-order valence-corrected chi connectivity index (χ0v) is 8.84. The van der Waals surface area contributed by atoms with Crippen molar-refractivity contribution in [3.63, 3.8) is 0 Å². The number of carbonyl (C=O) groups is 1. The van der Waals surface area contributed by atoms with Gasteiger partial charge in [0.05, 0.1) is 13.0 Å². The number of nitrogen functional groups attached to an aromatic ring is 1. The van der Waals surface area contributed by atoms with Gasteiger partial charge in [0.2, 0.25) is 0 Å². The summed E-state index contributed by atoms with van der Waals surface area (Å²) in [4.78, 5) is 11.2. The van der Waals surface area contributed by atoms with Crippen LogP contribution in [0.4, 0.5) is 5.69 Å². The molecule has 1 rings (SSSR count). The van der Waals surface area contributed by atoms with Gasteiger partial charge in [0.15, 0.2) is 0 Å². The molecule has 0 fully saturated rings.